The molecule has 2 atom stereocenters. The van der Waals surface area contributed by atoms with Crippen LogP contribution in [0, 0.1) is 0 Å². The predicted molar refractivity (Wildman–Crippen MR) is 153 cm³/mol. The number of aliphatic imine (C=N–C) groups is 1. The van der Waals surface area contributed by atoms with Crippen LogP contribution >= 0.6 is 0 Å². The van der Waals surface area contributed by atoms with E-state index in [0.717, 1.165) is 33.1 Å². The molecular formula is C35H23NO. The molecule has 0 N–H and O–H groups in total. The lowest BCUT2D eigenvalue weighted by Gasteiger charge is -2.33. The summed E-state index contributed by atoms with van der Waals surface area (Å²) in [6.45, 7) is 0. The molecule has 6 aromatic rings. The molecular weight excluding hydrogens is 450 g/mol. The summed E-state index contributed by atoms with van der Waals surface area (Å²) >= 11 is 0. The molecule has 0 amide bonds. The molecule has 0 saturated carbocycles. The molecule has 37 heavy (non-hydrogen) atoms. The van der Waals surface area contributed by atoms with Gasteiger partial charge in [0.15, 0.2) is 0 Å². The van der Waals surface area contributed by atoms with Crippen LogP contribution in [-0.4, -0.2) is 6.21 Å². The van der Waals surface area contributed by atoms with E-state index in [1.807, 2.05) is 18.3 Å². The van der Waals surface area contributed by atoms with Gasteiger partial charge in [-0.05, 0) is 57.1 Å². The molecule has 1 aliphatic heterocycles. The zero-order valence-corrected chi connectivity index (χ0v) is 20.1. The number of hydrogen-bond donors (Lipinski definition) is 0. The Morgan fingerprint density at radius 3 is 2.30 bits per heavy atom. The molecule has 2 heteroatoms. The summed E-state index contributed by atoms with van der Waals surface area (Å²) in [6.07, 6.45) is 6.30. The summed E-state index contributed by atoms with van der Waals surface area (Å²) < 4.78 is 6.33. The highest BCUT2D eigenvalue weighted by Crippen LogP contribution is 2.49. The number of benzene rings is 5. The molecule has 2 nitrogen and oxygen atoms in total. The average molecular weight is 474 g/mol. The van der Waals surface area contributed by atoms with E-state index in [0.29, 0.717) is 5.92 Å². The van der Waals surface area contributed by atoms with Gasteiger partial charge < -0.3 is 4.42 Å². The smallest absolute Gasteiger partial charge is 0.143 e. The van der Waals surface area contributed by atoms with Crippen molar-refractivity contribution in [3.05, 3.63) is 133 Å². The highest BCUT2D eigenvalue weighted by atomic mass is 16.3. The summed E-state index contributed by atoms with van der Waals surface area (Å²) in [4.78, 5) is 4.52. The minimum atomic E-state index is 0.252. The molecule has 1 aliphatic carbocycles. The first kappa shape index (κ1) is 20.5. The number of para-hydroxylation sites is 2. The van der Waals surface area contributed by atoms with Crippen LogP contribution in [0.4, 0.5) is 0 Å². The zero-order valence-electron chi connectivity index (χ0n) is 20.1. The first-order valence-electron chi connectivity index (χ1n) is 12.8. The van der Waals surface area contributed by atoms with Gasteiger partial charge in [0, 0.05) is 40.6 Å². The number of nitrogens with zero attached hydrogens (tertiary/aromatic N) is 1. The SMILES string of the molecule is C1=CC2c3ccccc3-c3ccc(-c4cccc(-c5cccc6c5oc5ccccc56)c4)cc3C2C=N1. The monoisotopic (exact) mass is 473 g/mol. The lowest BCUT2D eigenvalue weighted by molar-refractivity contribution is 0.670. The normalized spacial score (nSPS) is 17.5. The van der Waals surface area contributed by atoms with Gasteiger partial charge in [0.2, 0.25) is 0 Å². The largest absolute Gasteiger partial charge is 0.455 e. The van der Waals surface area contributed by atoms with Crippen LogP contribution in [-0.2, 0) is 0 Å². The molecule has 0 saturated heterocycles. The third-order valence-corrected chi connectivity index (χ3v) is 7.94. The molecule has 0 bridgehead atoms. The van der Waals surface area contributed by atoms with Crippen molar-refractivity contribution < 1.29 is 4.42 Å². The van der Waals surface area contributed by atoms with Gasteiger partial charge in [0.05, 0.1) is 0 Å². The Hall–Kier alpha value is -4.69. The van der Waals surface area contributed by atoms with Crippen LogP contribution in [0.3, 0.4) is 0 Å². The van der Waals surface area contributed by atoms with E-state index in [9.17, 15) is 0 Å². The van der Waals surface area contributed by atoms with Crippen molar-refractivity contribution in [1.29, 1.82) is 0 Å². The maximum absolute atomic E-state index is 6.33. The van der Waals surface area contributed by atoms with Gasteiger partial charge in [0.1, 0.15) is 11.2 Å². The minimum Gasteiger partial charge on any atom is -0.455 e. The fraction of sp³-hybridized carbons (Fsp3) is 0.0571. The number of furan rings is 1. The second kappa shape index (κ2) is 7.91. The molecule has 2 aliphatic rings. The van der Waals surface area contributed by atoms with Crippen LogP contribution in [0.25, 0.3) is 55.3 Å². The van der Waals surface area contributed by atoms with E-state index in [4.69, 9.17) is 4.42 Å². The van der Waals surface area contributed by atoms with Gasteiger partial charge in [0.25, 0.3) is 0 Å². The predicted octanol–water partition coefficient (Wildman–Crippen LogP) is 9.37. The van der Waals surface area contributed by atoms with Gasteiger partial charge >= 0.3 is 0 Å². The first-order chi connectivity index (χ1) is 18.3. The standard InChI is InChI=1S/C35H23NO/c1-2-10-27-26(9-1)28-16-15-23(20-32(28)33-21-36-18-17-29(27)33)22-7-5-8-24(19-22)25-12-6-13-31-30-11-3-4-14-34(30)37-35(25)31/h1-21,29,33H. The fourth-order valence-corrected chi connectivity index (χ4v) is 6.21. The fourth-order valence-electron chi connectivity index (χ4n) is 6.21. The Labute approximate surface area is 215 Å². The van der Waals surface area contributed by atoms with Crippen molar-refractivity contribution in [2.75, 3.05) is 0 Å². The zero-order chi connectivity index (χ0) is 24.3. The number of allylic oxidation sites excluding steroid dienone is 1. The van der Waals surface area contributed by atoms with Crippen LogP contribution in [0.1, 0.15) is 23.0 Å². The third-order valence-electron chi connectivity index (χ3n) is 7.94. The van der Waals surface area contributed by atoms with Crippen LogP contribution in [0.15, 0.2) is 131 Å². The molecule has 2 unspecified atom stereocenters. The van der Waals surface area contributed by atoms with E-state index in [2.05, 4.69) is 114 Å². The third kappa shape index (κ3) is 3.09. The Kier molecular flexibility index (Phi) is 4.38. The van der Waals surface area contributed by atoms with E-state index in [1.54, 1.807) is 0 Å². The molecule has 0 spiro atoms. The van der Waals surface area contributed by atoms with Gasteiger partial charge in [-0.1, -0.05) is 97.1 Å². The molecule has 5 aromatic carbocycles. The van der Waals surface area contributed by atoms with Crippen molar-refractivity contribution >= 4 is 28.2 Å². The highest BCUT2D eigenvalue weighted by Gasteiger charge is 2.32. The van der Waals surface area contributed by atoms with Crippen molar-refractivity contribution in [2.45, 2.75) is 11.8 Å². The lowest BCUT2D eigenvalue weighted by atomic mass is 9.71. The Balaban J connectivity index is 1.27. The average Bonchev–Trinajstić information content (AvgIpc) is 3.36. The summed E-state index contributed by atoms with van der Waals surface area (Å²) in [5.41, 5.74) is 11.9. The summed E-state index contributed by atoms with van der Waals surface area (Å²) in [5, 5.41) is 2.31. The minimum absolute atomic E-state index is 0.252. The quantitative estimate of drug-likeness (QED) is 0.246. The second-order valence-electron chi connectivity index (χ2n) is 9.94. The van der Waals surface area contributed by atoms with Crippen LogP contribution in [0.5, 0.6) is 0 Å². The number of fused-ring (bicyclic) bond motifs is 9. The van der Waals surface area contributed by atoms with Crippen LogP contribution < -0.4 is 0 Å². The molecule has 1 aromatic heterocycles. The molecule has 8 rings (SSSR count). The van der Waals surface area contributed by atoms with Gasteiger partial charge in [-0.2, -0.15) is 0 Å². The maximum Gasteiger partial charge on any atom is 0.143 e. The summed E-state index contributed by atoms with van der Waals surface area (Å²) in [7, 11) is 0. The van der Waals surface area contributed by atoms with Crippen molar-refractivity contribution in [3.63, 3.8) is 0 Å². The van der Waals surface area contributed by atoms with Gasteiger partial charge in [-0.3, -0.25) is 4.99 Å². The highest BCUT2D eigenvalue weighted by molar-refractivity contribution is 6.09. The summed E-state index contributed by atoms with van der Waals surface area (Å²) in [5.74, 6) is 0.579. The molecule has 0 radical (unpaired) electrons. The van der Waals surface area contributed by atoms with E-state index < -0.39 is 0 Å². The maximum atomic E-state index is 6.33. The summed E-state index contributed by atoms with van der Waals surface area (Å²) in [6, 6.07) is 39.2. The number of rotatable bonds is 2. The van der Waals surface area contributed by atoms with Gasteiger partial charge in [-0.15, -0.1) is 0 Å². The Morgan fingerprint density at radius 2 is 1.30 bits per heavy atom. The van der Waals surface area contributed by atoms with E-state index >= 15 is 0 Å². The molecule has 174 valence electrons. The topological polar surface area (TPSA) is 25.5 Å². The Bertz CT molecular complexity index is 1900. The molecule has 2 heterocycles. The lowest BCUT2D eigenvalue weighted by Crippen LogP contribution is -2.19. The first-order valence-corrected chi connectivity index (χ1v) is 12.8. The van der Waals surface area contributed by atoms with Crippen molar-refractivity contribution in [3.8, 4) is 33.4 Å². The van der Waals surface area contributed by atoms with E-state index in [1.165, 1.54) is 33.4 Å². The Morgan fingerprint density at radius 1 is 0.541 bits per heavy atom. The van der Waals surface area contributed by atoms with Crippen molar-refractivity contribution in [1.82, 2.24) is 0 Å². The van der Waals surface area contributed by atoms with Crippen molar-refractivity contribution in [2.24, 2.45) is 4.99 Å². The van der Waals surface area contributed by atoms with Crippen LogP contribution in [0.2, 0.25) is 0 Å². The van der Waals surface area contributed by atoms with Gasteiger partial charge in [-0.25, -0.2) is 0 Å². The number of hydrogen-bond acceptors (Lipinski definition) is 2. The second-order valence-corrected chi connectivity index (χ2v) is 9.94. The molecule has 0 fully saturated rings. The van der Waals surface area contributed by atoms with E-state index in [-0.39, 0.29) is 5.92 Å².